The molecule has 2 nitrogen and oxygen atoms in total. The van der Waals surface area contributed by atoms with Gasteiger partial charge in [-0.15, -0.1) is 0 Å². The summed E-state index contributed by atoms with van der Waals surface area (Å²) in [5.41, 5.74) is 1.00. The van der Waals surface area contributed by atoms with Crippen molar-refractivity contribution in [1.82, 2.24) is 0 Å². The number of hydrogen-bond donors (Lipinski definition) is 0. The molecule has 0 saturated carbocycles. The number of carbonyl (C=O) groups excluding carboxylic acids is 1. The van der Waals surface area contributed by atoms with Gasteiger partial charge in [0.25, 0.3) is 0 Å². The Labute approximate surface area is 95.8 Å². The number of hydrogen-bond acceptors (Lipinski definition) is 2. The standard InChI is InChI=1S/C12H16ClNO/c1-9(2)11(12(13)15)14(3)10-7-5-4-6-8-10/h4-9,11H,1-3H3. The van der Waals surface area contributed by atoms with Gasteiger partial charge >= 0.3 is 0 Å². The molecular formula is C12H16ClNO. The third-order valence-electron chi connectivity index (χ3n) is 2.44. The first-order valence-corrected chi connectivity index (χ1v) is 5.39. The molecule has 1 aromatic rings. The van der Waals surface area contributed by atoms with Crippen molar-refractivity contribution in [1.29, 1.82) is 0 Å². The first kappa shape index (κ1) is 12.1. The van der Waals surface area contributed by atoms with Crippen LogP contribution in [0.15, 0.2) is 30.3 Å². The van der Waals surface area contributed by atoms with Gasteiger partial charge in [0.05, 0.1) is 0 Å². The van der Waals surface area contributed by atoms with Crippen LogP contribution in [0.4, 0.5) is 5.69 Å². The van der Waals surface area contributed by atoms with Crippen LogP contribution < -0.4 is 4.90 Å². The van der Waals surface area contributed by atoms with E-state index in [2.05, 4.69) is 0 Å². The molecule has 0 fully saturated rings. The van der Waals surface area contributed by atoms with Gasteiger partial charge in [0.2, 0.25) is 5.24 Å². The predicted octanol–water partition coefficient (Wildman–Crippen LogP) is 2.91. The first-order chi connectivity index (χ1) is 7.04. The summed E-state index contributed by atoms with van der Waals surface area (Å²) in [5, 5.41) is -0.309. The van der Waals surface area contributed by atoms with Crippen LogP contribution in [0.2, 0.25) is 0 Å². The van der Waals surface area contributed by atoms with Crippen LogP contribution in [0.25, 0.3) is 0 Å². The van der Waals surface area contributed by atoms with Crippen LogP contribution in [0.3, 0.4) is 0 Å². The smallest absolute Gasteiger partial charge is 0.244 e. The lowest BCUT2D eigenvalue weighted by atomic mass is 10.0. The molecule has 0 aromatic heterocycles. The summed E-state index contributed by atoms with van der Waals surface area (Å²) in [4.78, 5) is 13.2. The van der Waals surface area contributed by atoms with E-state index >= 15 is 0 Å². The summed E-state index contributed by atoms with van der Waals surface area (Å²) in [6.45, 7) is 3.98. The predicted molar refractivity (Wildman–Crippen MR) is 64.3 cm³/mol. The zero-order valence-corrected chi connectivity index (χ0v) is 10.0. The molecule has 15 heavy (non-hydrogen) atoms. The van der Waals surface area contributed by atoms with Crippen molar-refractivity contribution < 1.29 is 4.79 Å². The Bertz CT molecular complexity index is 324. The summed E-state index contributed by atoms with van der Waals surface area (Å²) in [7, 11) is 1.89. The highest BCUT2D eigenvalue weighted by molar-refractivity contribution is 6.65. The van der Waals surface area contributed by atoms with Crippen molar-refractivity contribution in [2.24, 2.45) is 5.92 Å². The van der Waals surface area contributed by atoms with E-state index in [0.717, 1.165) is 5.69 Å². The van der Waals surface area contributed by atoms with Crippen LogP contribution in [0, 0.1) is 5.92 Å². The first-order valence-electron chi connectivity index (χ1n) is 5.01. The van der Waals surface area contributed by atoms with Crippen LogP contribution in [-0.2, 0) is 4.79 Å². The fourth-order valence-corrected chi connectivity index (χ4v) is 2.08. The van der Waals surface area contributed by atoms with E-state index in [0.29, 0.717) is 0 Å². The van der Waals surface area contributed by atoms with Crippen molar-refractivity contribution in [3.8, 4) is 0 Å². The fraction of sp³-hybridized carbons (Fsp3) is 0.417. The van der Waals surface area contributed by atoms with E-state index in [1.54, 1.807) is 0 Å². The zero-order valence-electron chi connectivity index (χ0n) is 9.27. The quantitative estimate of drug-likeness (QED) is 0.735. The van der Waals surface area contributed by atoms with Crippen molar-refractivity contribution in [3.05, 3.63) is 30.3 Å². The van der Waals surface area contributed by atoms with Gasteiger partial charge in [0.15, 0.2) is 0 Å². The molecule has 1 unspecified atom stereocenters. The van der Waals surface area contributed by atoms with Crippen molar-refractivity contribution >= 4 is 22.5 Å². The highest BCUT2D eigenvalue weighted by atomic mass is 35.5. The third kappa shape index (κ3) is 2.96. The molecule has 0 N–H and O–H groups in total. The molecule has 0 saturated heterocycles. The van der Waals surface area contributed by atoms with Gasteiger partial charge < -0.3 is 4.90 Å². The van der Waals surface area contributed by atoms with Gasteiger partial charge in [-0.05, 0) is 29.7 Å². The Balaban J connectivity index is 2.91. The Hall–Kier alpha value is -1.02. The molecule has 0 spiro atoms. The number of likely N-dealkylation sites (N-methyl/N-ethyl adjacent to an activating group) is 1. The van der Waals surface area contributed by atoms with E-state index in [-0.39, 0.29) is 17.2 Å². The number of para-hydroxylation sites is 1. The fourth-order valence-electron chi connectivity index (χ4n) is 1.69. The van der Waals surface area contributed by atoms with Gasteiger partial charge in [-0.1, -0.05) is 32.0 Å². The van der Waals surface area contributed by atoms with Gasteiger partial charge in [-0.25, -0.2) is 0 Å². The maximum atomic E-state index is 11.3. The normalized spacial score (nSPS) is 12.6. The number of nitrogens with zero attached hydrogens (tertiary/aromatic N) is 1. The Morgan fingerprint density at radius 1 is 1.27 bits per heavy atom. The second-order valence-electron chi connectivity index (χ2n) is 3.94. The van der Waals surface area contributed by atoms with Gasteiger partial charge in [-0.2, -0.15) is 0 Å². The van der Waals surface area contributed by atoms with E-state index in [9.17, 15) is 4.79 Å². The molecule has 3 heteroatoms. The van der Waals surface area contributed by atoms with Crippen molar-refractivity contribution in [2.45, 2.75) is 19.9 Å². The summed E-state index contributed by atoms with van der Waals surface area (Å²) in [6, 6.07) is 9.51. The molecule has 0 radical (unpaired) electrons. The maximum Gasteiger partial charge on any atom is 0.244 e. The molecule has 1 rings (SSSR count). The van der Waals surface area contributed by atoms with E-state index in [1.165, 1.54) is 0 Å². The lowest BCUT2D eigenvalue weighted by molar-refractivity contribution is -0.113. The molecule has 0 heterocycles. The summed E-state index contributed by atoms with van der Waals surface area (Å²) < 4.78 is 0. The number of carbonyl (C=O) groups is 1. The molecule has 0 aliphatic carbocycles. The third-order valence-corrected chi connectivity index (χ3v) is 2.67. The van der Waals surface area contributed by atoms with Gasteiger partial charge in [-0.3, -0.25) is 4.79 Å². The summed E-state index contributed by atoms with van der Waals surface area (Å²) in [6.07, 6.45) is 0. The SMILES string of the molecule is CC(C)C(C(=O)Cl)N(C)c1ccccc1. The highest BCUT2D eigenvalue weighted by Gasteiger charge is 2.24. The number of benzene rings is 1. The second kappa shape index (κ2) is 5.17. The van der Waals surface area contributed by atoms with Crippen molar-refractivity contribution in [2.75, 3.05) is 11.9 Å². The average Bonchev–Trinajstić information content (AvgIpc) is 2.18. The average molecular weight is 226 g/mol. The minimum Gasteiger partial charge on any atom is -0.363 e. The molecule has 0 bridgehead atoms. The van der Waals surface area contributed by atoms with Crippen LogP contribution in [0.5, 0.6) is 0 Å². The highest BCUT2D eigenvalue weighted by Crippen LogP contribution is 2.20. The largest absolute Gasteiger partial charge is 0.363 e. The number of rotatable bonds is 4. The Kier molecular flexibility index (Phi) is 4.15. The second-order valence-corrected chi connectivity index (χ2v) is 4.31. The van der Waals surface area contributed by atoms with E-state index in [4.69, 9.17) is 11.6 Å². The zero-order chi connectivity index (χ0) is 11.4. The topological polar surface area (TPSA) is 20.3 Å². The molecule has 0 amide bonds. The number of halogens is 1. The summed E-state index contributed by atoms with van der Waals surface area (Å²) >= 11 is 5.60. The molecule has 1 atom stereocenters. The van der Waals surface area contributed by atoms with Crippen LogP contribution in [-0.4, -0.2) is 18.3 Å². The molecule has 82 valence electrons. The lowest BCUT2D eigenvalue weighted by Gasteiger charge is -2.29. The molecule has 0 aliphatic heterocycles. The van der Waals surface area contributed by atoms with Crippen molar-refractivity contribution in [3.63, 3.8) is 0 Å². The molecular weight excluding hydrogens is 210 g/mol. The molecule has 1 aromatic carbocycles. The Morgan fingerprint density at radius 2 is 1.80 bits per heavy atom. The van der Waals surface area contributed by atoms with E-state index in [1.807, 2.05) is 56.1 Å². The minimum absolute atomic E-state index is 0.195. The van der Waals surface area contributed by atoms with Crippen LogP contribution in [0.1, 0.15) is 13.8 Å². The monoisotopic (exact) mass is 225 g/mol. The minimum atomic E-state index is -0.309. The maximum absolute atomic E-state index is 11.3. The van der Waals surface area contributed by atoms with Gasteiger partial charge in [0.1, 0.15) is 6.04 Å². The van der Waals surface area contributed by atoms with E-state index < -0.39 is 0 Å². The summed E-state index contributed by atoms with van der Waals surface area (Å²) in [5.74, 6) is 0.195. The lowest BCUT2D eigenvalue weighted by Crippen LogP contribution is -2.40. The van der Waals surface area contributed by atoms with Gasteiger partial charge in [0, 0.05) is 12.7 Å². The molecule has 0 aliphatic rings. The Morgan fingerprint density at radius 3 is 2.20 bits per heavy atom. The van der Waals surface area contributed by atoms with Crippen LogP contribution >= 0.6 is 11.6 Å². The number of anilines is 1.